The lowest BCUT2D eigenvalue weighted by molar-refractivity contribution is 0.0615. The number of hydrogen-bond donors (Lipinski definition) is 0. The van der Waals surface area contributed by atoms with Gasteiger partial charge >= 0.3 is 0 Å². The zero-order valence-corrected chi connectivity index (χ0v) is 38.6. The van der Waals surface area contributed by atoms with Crippen molar-refractivity contribution < 1.29 is 0 Å². The zero-order valence-electron chi connectivity index (χ0n) is 38.6. The Morgan fingerprint density at radius 1 is 0.507 bits per heavy atom. The first-order chi connectivity index (χ1) is 34.2. The van der Waals surface area contributed by atoms with Crippen molar-refractivity contribution in [1.82, 2.24) is 9.13 Å². The maximum atomic E-state index is 4.04. The van der Waals surface area contributed by atoms with Crippen molar-refractivity contribution in [2.75, 3.05) is 4.90 Å². The second kappa shape index (κ2) is 15.7. The molecule has 9 aromatic carbocycles. The molecule has 3 nitrogen and oxygen atoms in total. The van der Waals surface area contributed by atoms with Crippen molar-refractivity contribution in [2.45, 2.75) is 37.5 Å². The third-order valence-corrected chi connectivity index (χ3v) is 16.4. The van der Waals surface area contributed by atoms with Gasteiger partial charge in [0.2, 0.25) is 0 Å². The average Bonchev–Trinajstić information content (AvgIpc) is 3.93. The molecule has 3 aliphatic rings. The summed E-state index contributed by atoms with van der Waals surface area (Å²) in [7, 11) is 0. The first kappa shape index (κ1) is 40.0. The first-order valence-electron chi connectivity index (χ1n) is 24.9. The van der Waals surface area contributed by atoms with E-state index >= 15 is 0 Å². The van der Waals surface area contributed by atoms with E-state index in [1.54, 1.807) is 0 Å². The van der Waals surface area contributed by atoms with Crippen molar-refractivity contribution in [2.24, 2.45) is 17.8 Å². The highest BCUT2D eigenvalue weighted by molar-refractivity contribution is 6.19. The SMILES string of the molecule is C=C=CC1C[C@H]2CCC[C@H](C1)C21c2ccccc2-n2c3ccccc3c3c(N(c4ccc(-c5cccc(-n6c7ccccc7c7ccccc76)c5)cc4)c4ccccc4-c4ccccc4)ccc1c32. The predicted molar refractivity (Wildman–Crippen MR) is 289 cm³/mol. The molecule has 2 aliphatic carbocycles. The Hall–Kier alpha value is -8.10. The Labute approximate surface area is 403 Å². The predicted octanol–water partition coefficient (Wildman–Crippen LogP) is 17.5. The van der Waals surface area contributed by atoms with Crippen LogP contribution in [0.15, 0.2) is 231 Å². The number of para-hydroxylation sites is 5. The lowest BCUT2D eigenvalue weighted by Crippen LogP contribution is -2.52. The van der Waals surface area contributed by atoms with E-state index in [0.717, 1.165) is 17.1 Å². The van der Waals surface area contributed by atoms with Gasteiger partial charge in [-0.15, -0.1) is 5.73 Å². The smallest absolute Gasteiger partial charge is 0.0603 e. The Morgan fingerprint density at radius 3 is 1.87 bits per heavy atom. The molecule has 0 saturated heterocycles. The van der Waals surface area contributed by atoms with Gasteiger partial charge in [-0.25, -0.2) is 0 Å². The highest BCUT2D eigenvalue weighted by atomic mass is 15.2. The number of benzene rings is 9. The Bertz CT molecular complexity index is 3790. The van der Waals surface area contributed by atoms with Crippen LogP contribution in [0.5, 0.6) is 0 Å². The van der Waals surface area contributed by atoms with Crippen molar-refractivity contribution in [1.29, 1.82) is 0 Å². The van der Waals surface area contributed by atoms with Gasteiger partial charge < -0.3 is 14.0 Å². The number of fused-ring (bicyclic) bond motifs is 8. The number of allylic oxidation sites excluding steroid dienone is 1. The molecule has 2 saturated carbocycles. The van der Waals surface area contributed by atoms with Crippen molar-refractivity contribution in [3.63, 3.8) is 0 Å². The Balaban J connectivity index is 0.988. The van der Waals surface area contributed by atoms with Crippen LogP contribution in [0.4, 0.5) is 17.1 Å². The van der Waals surface area contributed by atoms with Crippen LogP contribution in [-0.4, -0.2) is 9.13 Å². The maximum absolute atomic E-state index is 4.04. The largest absolute Gasteiger partial charge is 0.309 e. The molecule has 0 amide bonds. The number of anilines is 3. The van der Waals surface area contributed by atoms with Gasteiger partial charge in [-0.1, -0.05) is 165 Å². The van der Waals surface area contributed by atoms with Gasteiger partial charge in [0.15, 0.2) is 0 Å². The van der Waals surface area contributed by atoms with Crippen molar-refractivity contribution in [3.05, 3.63) is 242 Å². The molecule has 0 radical (unpaired) electrons. The zero-order chi connectivity index (χ0) is 45.6. The molecule has 2 fully saturated rings. The second-order valence-corrected chi connectivity index (χ2v) is 19.7. The summed E-state index contributed by atoms with van der Waals surface area (Å²) in [5, 5.41) is 5.13. The van der Waals surface area contributed by atoms with Crippen LogP contribution in [0.1, 0.15) is 43.2 Å². The molecule has 0 unspecified atom stereocenters. The first-order valence-corrected chi connectivity index (χ1v) is 24.9. The molecule has 3 heterocycles. The third-order valence-electron chi connectivity index (χ3n) is 16.4. The summed E-state index contributed by atoms with van der Waals surface area (Å²) in [5.74, 6) is 1.57. The fourth-order valence-electron chi connectivity index (χ4n) is 13.8. The molecule has 3 heteroatoms. The van der Waals surface area contributed by atoms with Crippen molar-refractivity contribution >= 4 is 60.7 Å². The monoisotopic (exact) mass is 885 g/mol. The topological polar surface area (TPSA) is 13.1 Å². The third kappa shape index (κ3) is 5.87. The molecular weight excluding hydrogens is 835 g/mol. The average molecular weight is 886 g/mol. The summed E-state index contributed by atoms with van der Waals surface area (Å²) >= 11 is 0. The summed E-state index contributed by atoms with van der Waals surface area (Å²) in [6.07, 6.45) is 8.37. The van der Waals surface area contributed by atoms with Crippen LogP contribution in [-0.2, 0) is 5.41 Å². The van der Waals surface area contributed by atoms with E-state index in [9.17, 15) is 0 Å². The van der Waals surface area contributed by atoms with Gasteiger partial charge in [-0.3, -0.25) is 0 Å². The summed E-state index contributed by atoms with van der Waals surface area (Å²) in [6, 6.07) is 79.3. The molecule has 1 aliphatic heterocycles. The van der Waals surface area contributed by atoms with E-state index in [-0.39, 0.29) is 5.41 Å². The van der Waals surface area contributed by atoms with Gasteiger partial charge in [0.25, 0.3) is 0 Å². The molecule has 14 rings (SSSR count). The van der Waals surface area contributed by atoms with E-state index in [1.165, 1.54) is 120 Å². The van der Waals surface area contributed by atoms with E-state index in [1.807, 2.05) is 0 Å². The lowest BCUT2D eigenvalue weighted by Gasteiger charge is -2.57. The van der Waals surface area contributed by atoms with Crippen molar-refractivity contribution in [3.8, 4) is 33.6 Å². The molecule has 69 heavy (non-hydrogen) atoms. The normalized spacial score (nSPS) is 19.2. The molecule has 2 aromatic heterocycles. The van der Waals surface area contributed by atoms with Crippen LogP contribution in [0, 0.1) is 17.8 Å². The molecule has 330 valence electrons. The van der Waals surface area contributed by atoms with Gasteiger partial charge in [0.1, 0.15) is 0 Å². The minimum Gasteiger partial charge on any atom is -0.309 e. The molecule has 11 aromatic rings. The standard InChI is InChI=1S/C66H51N3/c1-2-18-44-41-48-22-17-23-49(42-44)66(48)56-29-10-15-34-62(56)69-61-33-14-9-28-55(61)64-63(40-39-57(66)65(64)69)67(58-30-11-6-25-52(58)46-19-4-3-5-20-46)50-37-35-45(36-38-50)47-21-16-24-51(43-47)68-59-31-12-7-26-53(59)54-27-8-13-32-60(54)68/h3-16,18-21,24-40,43-44,48-49H,1,17,22-23,41-42H2/t44?,48-,49-,66?/m1/s1. The fraction of sp³-hybridized carbons (Fsp3) is 0.136. The van der Waals surface area contributed by atoms with Gasteiger partial charge in [-0.05, 0) is 138 Å². The highest BCUT2D eigenvalue weighted by Gasteiger charge is 2.57. The lowest BCUT2D eigenvalue weighted by atomic mass is 9.47. The molecule has 2 bridgehead atoms. The van der Waals surface area contributed by atoms with Crippen LogP contribution in [0.2, 0.25) is 0 Å². The van der Waals surface area contributed by atoms with Crippen LogP contribution >= 0.6 is 0 Å². The Kier molecular flexibility index (Phi) is 9.13. The number of rotatable bonds is 7. The number of aromatic nitrogens is 2. The van der Waals surface area contributed by atoms with E-state index in [2.05, 4.69) is 245 Å². The van der Waals surface area contributed by atoms with Crippen LogP contribution in [0.25, 0.3) is 77.2 Å². The highest BCUT2D eigenvalue weighted by Crippen LogP contribution is 2.64. The maximum Gasteiger partial charge on any atom is 0.0603 e. The minimum atomic E-state index is -0.0797. The quantitative estimate of drug-likeness (QED) is 0.145. The van der Waals surface area contributed by atoms with Crippen LogP contribution < -0.4 is 4.90 Å². The minimum absolute atomic E-state index is 0.0797. The molecule has 1 spiro atoms. The molecule has 2 atom stereocenters. The molecular formula is C66H51N3. The van der Waals surface area contributed by atoms with Gasteiger partial charge in [0.05, 0.1) is 39.1 Å². The summed E-state index contributed by atoms with van der Waals surface area (Å²) in [5.41, 5.74) is 21.9. The van der Waals surface area contributed by atoms with E-state index in [0.29, 0.717) is 17.8 Å². The van der Waals surface area contributed by atoms with Gasteiger partial charge in [-0.2, -0.15) is 0 Å². The van der Waals surface area contributed by atoms with Gasteiger partial charge in [0, 0.05) is 43.9 Å². The molecule has 0 N–H and O–H groups in total. The number of hydrogen-bond acceptors (Lipinski definition) is 1. The Morgan fingerprint density at radius 2 is 1.13 bits per heavy atom. The summed E-state index contributed by atoms with van der Waals surface area (Å²) in [4.78, 5) is 2.55. The van der Waals surface area contributed by atoms with Crippen LogP contribution in [0.3, 0.4) is 0 Å². The fourth-order valence-corrected chi connectivity index (χ4v) is 13.8. The number of nitrogens with zero attached hydrogens (tertiary/aromatic N) is 3. The van der Waals surface area contributed by atoms with E-state index < -0.39 is 0 Å². The second-order valence-electron chi connectivity index (χ2n) is 19.7. The van der Waals surface area contributed by atoms with E-state index in [4.69, 9.17) is 0 Å². The summed E-state index contributed by atoms with van der Waals surface area (Å²) in [6.45, 7) is 4.04. The summed E-state index contributed by atoms with van der Waals surface area (Å²) < 4.78 is 5.04.